The van der Waals surface area contributed by atoms with Gasteiger partial charge in [0.1, 0.15) is 0 Å². The minimum atomic E-state index is 0.172. The van der Waals surface area contributed by atoms with E-state index in [1.807, 2.05) is 13.0 Å². The van der Waals surface area contributed by atoms with Gasteiger partial charge in [-0.2, -0.15) is 5.10 Å². The van der Waals surface area contributed by atoms with E-state index in [0.717, 1.165) is 6.42 Å². The fourth-order valence-electron chi connectivity index (χ4n) is 0.597. The normalized spacial score (nSPS) is 13.9. The van der Waals surface area contributed by atoms with Gasteiger partial charge in [0.25, 0.3) is 0 Å². The third-order valence-corrected chi connectivity index (χ3v) is 1.18. The fraction of sp³-hybridized carbons (Fsp3) is 0.375. The molecule has 0 aromatic heterocycles. The van der Waals surface area contributed by atoms with Gasteiger partial charge < -0.3 is 11.2 Å². The Labute approximate surface area is 67.7 Å². The molecule has 11 heavy (non-hydrogen) atoms. The smallest absolute Gasteiger partial charge is 0.0652 e. The highest BCUT2D eigenvalue weighted by Crippen LogP contribution is 1.93. The highest BCUT2D eigenvalue weighted by molar-refractivity contribution is 5.52. The van der Waals surface area contributed by atoms with E-state index in [1.54, 1.807) is 12.3 Å². The lowest BCUT2D eigenvalue weighted by Crippen LogP contribution is -2.20. The summed E-state index contributed by atoms with van der Waals surface area (Å²) in [7, 11) is 0. The van der Waals surface area contributed by atoms with Crippen molar-refractivity contribution < 1.29 is 0 Å². The molecule has 3 heteroatoms. The van der Waals surface area contributed by atoms with E-state index < -0.39 is 0 Å². The van der Waals surface area contributed by atoms with Crippen molar-refractivity contribution in [2.24, 2.45) is 10.8 Å². The summed E-state index contributed by atoms with van der Waals surface area (Å²) in [6, 6.07) is 0.172. The van der Waals surface area contributed by atoms with Crippen LogP contribution in [0.5, 0.6) is 0 Å². The first-order valence-corrected chi connectivity index (χ1v) is 3.57. The Morgan fingerprint density at radius 3 is 2.91 bits per heavy atom. The molecule has 1 unspecified atom stereocenters. The Kier molecular flexibility index (Phi) is 6.08. The number of nitrogens with zero attached hydrogens (tertiary/aromatic N) is 1. The van der Waals surface area contributed by atoms with Crippen molar-refractivity contribution >= 4 is 6.21 Å². The molecule has 0 fully saturated rings. The topological polar surface area (TPSA) is 50.4 Å². The summed E-state index contributed by atoms with van der Waals surface area (Å²) in [5, 5.41) is 3.87. The number of hydrogen-bond acceptors (Lipinski definition) is 3. The Bertz CT molecular complexity index is 135. The fourth-order valence-corrected chi connectivity index (χ4v) is 0.597. The Morgan fingerprint density at radius 1 is 1.73 bits per heavy atom. The average Bonchev–Trinajstić information content (AvgIpc) is 2.05. The highest BCUT2D eigenvalue weighted by atomic mass is 15.3. The van der Waals surface area contributed by atoms with Crippen LogP contribution >= 0.6 is 0 Å². The van der Waals surface area contributed by atoms with Crippen LogP contribution in [-0.2, 0) is 0 Å². The lowest BCUT2D eigenvalue weighted by Gasteiger charge is -2.07. The van der Waals surface area contributed by atoms with E-state index in [4.69, 9.17) is 5.73 Å². The zero-order valence-corrected chi connectivity index (χ0v) is 6.83. The van der Waals surface area contributed by atoms with Crippen LogP contribution < -0.4 is 11.2 Å². The first-order chi connectivity index (χ1) is 5.35. The van der Waals surface area contributed by atoms with E-state index >= 15 is 0 Å². The van der Waals surface area contributed by atoms with E-state index in [2.05, 4.69) is 17.1 Å². The second kappa shape index (κ2) is 6.86. The molecule has 0 rings (SSSR count). The van der Waals surface area contributed by atoms with Gasteiger partial charge in [-0.3, -0.25) is 0 Å². The predicted octanol–water partition coefficient (Wildman–Crippen LogP) is 0.999. The molecule has 0 aliphatic carbocycles. The molecule has 0 radical (unpaired) electrons. The largest absolute Gasteiger partial charge is 0.405 e. The maximum absolute atomic E-state index is 5.18. The summed E-state index contributed by atoms with van der Waals surface area (Å²) in [5.41, 5.74) is 8.08. The SMILES string of the molecule is C=CC(C/C=C/N)N/N=C\C. The van der Waals surface area contributed by atoms with Crippen LogP contribution in [0.1, 0.15) is 13.3 Å². The molecule has 0 spiro atoms. The third kappa shape index (κ3) is 5.21. The summed E-state index contributed by atoms with van der Waals surface area (Å²) in [6.45, 7) is 5.51. The molecule has 0 aromatic rings. The van der Waals surface area contributed by atoms with Crippen molar-refractivity contribution in [1.82, 2.24) is 5.43 Å². The van der Waals surface area contributed by atoms with Crippen molar-refractivity contribution in [2.75, 3.05) is 0 Å². The molecule has 3 nitrogen and oxygen atoms in total. The van der Waals surface area contributed by atoms with Crippen LogP contribution in [0, 0.1) is 0 Å². The molecule has 0 saturated carbocycles. The first-order valence-electron chi connectivity index (χ1n) is 3.57. The van der Waals surface area contributed by atoms with Gasteiger partial charge in [-0.25, -0.2) is 0 Å². The minimum Gasteiger partial charge on any atom is -0.405 e. The summed E-state index contributed by atoms with van der Waals surface area (Å²) in [6.07, 6.45) is 7.70. The van der Waals surface area contributed by atoms with Gasteiger partial charge in [0.05, 0.1) is 6.04 Å². The maximum Gasteiger partial charge on any atom is 0.0652 e. The van der Waals surface area contributed by atoms with Gasteiger partial charge in [-0.1, -0.05) is 12.2 Å². The third-order valence-electron chi connectivity index (χ3n) is 1.18. The average molecular weight is 153 g/mol. The standard InChI is InChI=1S/C8H15N3/c1-3-8(6-5-7-9)11-10-4-2/h3-5,7-8,11H,1,6,9H2,2H3/b7-5+,10-4-. The number of hydrazone groups is 1. The molecule has 0 amide bonds. The number of nitrogens with two attached hydrogens (primary N) is 1. The molecule has 0 aliphatic rings. The molecule has 62 valence electrons. The van der Waals surface area contributed by atoms with Crippen LogP contribution in [0.25, 0.3) is 0 Å². The summed E-state index contributed by atoms with van der Waals surface area (Å²) in [4.78, 5) is 0. The lowest BCUT2D eigenvalue weighted by atomic mass is 10.2. The molecule has 0 aromatic carbocycles. The zero-order chi connectivity index (χ0) is 8.53. The van der Waals surface area contributed by atoms with Gasteiger partial charge >= 0.3 is 0 Å². The maximum atomic E-state index is 5.18. The summed E-state index contributed by atoms with van der Waals surface area (Å²) in [5.74, 6) is 0. The van der Waals surface area contributed by atoms with Gasteiger partial charge in [-0.05, 0) is 19.5 Å². The van der Waals surface area contributed by atoms with Crippen LogP contribution in [-0.4, -0.2) is 12.3 Å². The Hall–Kier alpha value is -1.25. The monoisotopic (exact) mass is 153 g/mol. The molecule has 0 heterocycles. The number of nitrogens with one attached hydrogen (secondary N) is 1. The van der Waals surface area contributed by atoms with Crippen LogP contribution in [0.3, 0.4) is 0 Å². The van der Waals surface area contributed by atoms with Crippen molar-refractivity contribution in [3.05, 3.63) is 24.9 Å². The van der Waals surface area contributed by atoms with Crippen LogP contribution in [0.2, 0.25) is 0 Å². The number of hydrogen-bond donors (Lipinski definition) is 2. The first kappa shape index (κ1) is 9.75. The molecule has 0 saturated heterocycles. The summed E-state index contributed by atoms with van der Waals surface area (Å²) < 4.78 is 0. The van der Waals surface area contributed by atoms with Crippen molar-refractivity contribution in [1.29, 1.82) is 0 Å². The molecule has 0 aliphatic heterocycles. The molecule has 1 atom stereocenters. The van der Waals surface area contributed by atoms with Crippen molar-refractivity contribution in [3.63, 3.8) is 0 Å². The Balaban J connectivity index is 3.66. The Morgan fingerprint density at radius 2 is 2.45 bits per heavy atom. The molecule has 0 bridgehead atoms. The van der Waals surface area contributed by atoms with Gasteiger partial charge in [0, 0.05) is 6.21 Å². The zero-order valence-electron chi connectivity index (χ0n) is 6.83. The van der Waals surface area contributed by atoms with Crippen molar-refractivity contribution in [3.8, 4) is 0 Å². The van der Waals surface area contributed by atoms with Crippen LogP contribution in [0.15, 0.2) is 30.0 Å². The number of rotatable bonds is 5. The van der Waals surface area contributed by atoms with E-state index in [-0.39, 0.29) is 6.04 Å². The van der Waals surface area contributed by atoms with Gasteiger partial charge in [-0.15, -0.1) is 6.58 Å². The van der Waals surface area contributed by atoms with Crippen molar-refractivity contribution in [2.45, 2.75) is 19.4 Å². The minimum absolute atomic E-state index is 0.172. The predicted molar refractivity (Wildman–Crippen MR) is 49.2 cm³/mol. The summed E-state index contributed by atoms with van der Waals surface area (Å²) >= 11 is 0. The molecular formula is C8H15N3. The lowest BCUT2D eigenvalue weighted by molar-refractivity contribution is 0.632. The van der Waals surface area contributed by atoms with E-state index in [0.29, 0.717) is 0 Å². The van der Waals surface area contributed by atoms with E-state index in [1.165, 1.54) is 6.20 Å². The molecule has 3 N–H and O–H groups in total. The quantitative estimate of drug-likeness (QED) is 0.351. The second-order valence-corrected chi connectivity index (χ2v) is 2.02. The van der Waals surface area contributed by atoms with Gasteiger partial charge in [0.15, 0.2) is 0 Å². The molecular weight excluding hydrogens is 138 g/mol. The van der Waals surface area contributed by atoms with Gasteiger partial charge in [0.2, 0.25) is 0 Å². The van der Waals surface area contributed by atoms with Crippen LogP contribution in [0.4, 0.5) is 0 Å². The highest BCUT2D eigenvalue weighted by Gasteiger charge is 1.95. The second-order valence-electron chi connectivity index (χ2n) is 2.02. The van der Waals surface area contributed by atoms with E-state index in [9.17, 15) is 0 Å².